The Balaban J connectivity index is 2.01. The van der Waals surface area contributed by atoms with Gasteiger partial charge in [-0.15, -0.1) is 0 Å². The lowest BCUT2D eigenvalue weighted by atomic mass is 9.83. The standard InChI is InChI=1S/C22H17BrF2O/c1-14-4-2-3-5-20(14)22(16-6-8-17(23)9-7-16)21(26)12-15-10-18(24)13-19(25)11-15/h2-11,13,22H,12H2,1H3. The number of benzene rings is 3. The Bertz CT molecular complexity index is 915. The van der Waals surface area contributed by atoms with Crippen molar-refractivity contribution in [2.75, 3.05) is 0 Å². The summed E-state index contributed by atoms with van der Waals surface area (Å²) in [6.07, 6.45) is -0.0380. The molecule has 1 nitrogen and oxygen atoms in total. The van der Waals surface area contributed by atoms with Crippen molar-refractivity contribution in [2.24, 2.45) is 0 Å². The number of carbonyl (C=O) groups excluding carboxylic acids is 1. The van der Waals surface area contributed by atoms with Crippen LogP contribution in [0.25, 0.3) is 0 Å². The topological polar surface area (TPSA) is 17.1 Å². The Hall–Kier alpha value is -2.33. The lowest BCUT2D eigenvalue weighted by Gasteiger charge is -2.19. The molecule has 0 bridgehead atoms. The van der Waals surface area contributed by atoms with Gasteiger partial charge in [0.2, 0.25) is 0 Å². The Morgan fingerprint density at radius 1 is 0.962 bits per heavy atom. The van der Waals surface area contributed by atoms with Gasteiger partial charge in [0, 0.05) is 17.0 Å². The number of Topliss-reactive ketones (excluding diaryl/α,β-unsaturated/α-hetero) is 1. The monoisotopic (exact) mass is 414 g/mol. The van der Waals surface area contributed by atoms with Gasteiger partial charge >= 0.3 is 0 Å². The number of hydrogen-bond acceptors (Lipinski definition) is 1. The van der Waals surface area contributed by atoms with Crippen LogP contribution in [0.1, 0.15) is 28.2 Å². The van der Waals surface area contributed by atoms with Crippen LogP contribution in [0.4, 0.5) is 8.78 Å². The maximum Gasteiger partial charge on any atom is 0.149 e. The number of ketones is 1. The molecule has 132 valence electrons. The van der Waals surface area contributed by atoms with Gasteiger partial charge in [0.05, 0.1) is 5.92 Å². The van der Waals surface area contributed by atoms with Gasteiger partial charge < -0.3 is 0 Å². The molecule has 0 aliphatic heterocycles. The first-order chi connectivity index (χ1) is 12.4. The van der Waals surface area contributed by atoms with Crippen molar-refractivity contribution in [1.29, 1.82) is 0 Å². The predicted molar refractivity (Wildman–Crippen MR) is 102 cm³/mol. The predicted octanol–water partition coefficient (Wildman–Crippen LogP) is 5.98. The second-order valence-electron chi connectivity index (χ2n) is 6.26. The molecule has 3 aromatic rings. The molecule has 0 spiro atoms. The number of rotatable bonds is 5. The molecule has 0 radical (unpaired) electrons. The minimum Gasteiger partial charge on any atom is -0.298 e. The molecule has 0 saturated heterocycles. The highest BCUT2D eigenvalue weighted by molar-refractivity contribution is 9.10. The van der Waals surface area contributed by atoms with E-state index in [9.17, 15) is 13.6 Å². The molecule has 0 fully saturated rings. The fourth-order valence-corrected chi connectivity index (χ4v) is 3.39. The van der Waals surface area contributed by atoms with Crippen molar-refractivity contribution < 1.29 is 13.6 Å². The van der Waals surface area contributed by atoms with Crippen LogP contribution in [0.15, 0.2) is 71.2 Å². The minimum absolute atomic E-state index is 0.0380. The van der Waals surface area contributed by atoms with Crippen molar-refractivity contribution in [3.05, 3.63) is 105 Å². The Labute approximate surface area is 159 Å². The average Bonchev–Trinajstić information content (AvgIpc) is 2.57. The second kappa shape index (κ2) is 7.92. The third-order valence-electron chi connectivity index (χ3n) is 4.33. The summed E-state index contributed by atoms with van der Waals surface area (Å²) in [5.41, 5.74) is 3.09. The molecule has 0 aliphatic rings. The quantitative estimate of drug-likeness (QED) is 0.501. The Morgan fingerprint density at radius 3 is 2.19 bits per heavy atom. The van der Waals surface area contributed by atoms with E-state index in [2.05, 4.69) is 15.9 Å². The van der Waals surface area contributed by atoms with E-state index in [-0.39, 0.29) is 12.2 Å². The molecule has 0 amide bonds. The van der Waals surface area contributed by atoms with Crippen LogP contribution in [-0.2, 0) is 11.2 Å². The summed E-state index contributed by atoms with van der Waals surface area (Å²) in [7, 11) is 0. The van der Waals surface area contributed by atoms with Gasteiger partial charge in [-0.1, -0.05) is 52.3 Å². The van der Waals surface area contributed by atoms with Gasteiger partial charge in [0.15, 0.2) is 0 Å². The van der Waals surface area contributed by atoms with Gasteiger partial charge in [-0.2, -0.15) is 0 Å². The van der Waals surface area contributed by atoms with Crippen molar-refractivity contribution >= 4 is 21.7 Å². The summed E-state index contributed by atoms with van der Waals surface area (Å²) < 4.78 is 27.9. The Morgan fingerprint density at radius 2 is 1.58 bits per heavy atom. The number of hydrogen-bond donors (Lipinski definition) is 0. The van der Waals surface area contributed by atoms with E-state index >= 15 is 0 Å². The van der Waals surface area contributed by atoms with Gasteiger partial charge in [0.25, 0.3) is 0 Å². The van der Waals surface area contributed by atoms with Crippen LogP contribution >= 0.6 is 15.9 Å². The molecule has 0 aliphatic carbocycles. The first-order valence-electron chi connectivity index (χ1n) is 8.22. The molecule has 0 N–H and O–H groups in total. The molecular weight excluding hydrogens is 398 g/mol. The van der Waals surface area contributed by atoms with E-state index in [0.29, 0.717) is 5.56 Å². The van der Waals surface area contributed by atoms with Gasteiger partial charge in [-0.3, -0.25) is 4.79 Å². The largest absolute Gasteiger partial charge is 0.298 e. The van der Waals surface area contributed by atoms with Crippen LogP contribution in [0.5, 0.6) is 0 Å². The summed E-state index contributed by atoms with van der Waals surface area (Å²) in [5.74, 6) is -1.95. The van der Waals surface area contributed by atoms with Gasteiger partial charge in [-0.05, 0) is 53.4 Å². The third-order valence-corrected chi connectivity index (χ3v) is 4.85. The zero-order valence-corrected chi connectivity index (χ0v) is 15.8. The zero-order chi connectivity index (χ0) is 18.7. The summed E-state index contributed by atoms with van der Waals surface area (Å²) >= 11 is 3.40. The van der Waals surface area contributed by atoms with Crippen LogP contribution < -0.4 is 0 Å². The number of halogens is 3. The maximum absolute atomic E-state index is 13.5. The van der Waals surface area contributed by atoms with Gasteiger partial charge in [0.1, 0.15) is 17.4 Å². The third kappa shape index (κ3) is 4.25. The summed E-state index contributed by atoms with van der Waals surface area (Å²) in [4.78, 5) is 13.1. The smallest absolute Gasteiger partial charge is 0.149 e. The lowest BCUT2D eigenvalue weighted by Crippen LogP contribution is -2.17. The van der Waals surface area contributed by atoms with E-state index in [1.54, 1.807) is 0 Å². The molecule has 0 heterocycles. The molecule has 26 heavy (non-hydrogen) atoms. The molecule has 0 aromatic heterocycles. The fraction of sp³-hybridized carbons (Fsp3) is 0.136. The normalized spacial score (nSPS) is 12.0. The average molecular weight is 415 g/mol. The van der Waals surface area contributed by atoms with Crippen LogP contribution in [-0.4, -0.2) is 5.78 Å². The van der Waals surface area contributed by atoms with Crippen molar-refractivity contribution in [2.45, 2.75) is 19.3 Å². The highest BCUT2D eigenvalue weighted by atomic mass is 79.9. The van der Waals surface area contributed by atoms with Crippen molar-refractivity contribution in [3.63, 3.8) is 0 Å². The van der Waals surface area contributed by atoms with E-state index < -0.39 is 17.6 Å². The van der Waals surface area contributed by atoms with Gasteiger partial charge in [-0.25, -0.2) is 8.78 Å². The molecule has 0 saturated carbocycles. The molecular formula is C22H17BrF2O. The number of carbonyl (C=O) groups is 1. The minimum atomic E-state index is -0.677. The van der Waals surface area contributed by atoms with Crippen molar-refractivity contribution in [1.82, 2.24) is 0 Å². The van der Waals surface area contributed by atoms with E-state index in [1.165, 1.54) is 12.1 Å². The molecule has 1 atom stereocenters. The van der Waals surface area contributed by atoms with E-state index in [0.717, 1.165) is 27.2 Å². The first kappa shape index (κ1) is 18.5. The maximum atomic E-state index is 13.5. The highest BCUT2D eigenvalue weighted by Gasteiger charge is 2.24. The van der Waals surface area contributed by atoms with Crippen LogP contribution in [0.3, 0.4) is 0 Å². The van der Waals surface area contributed by atoms with E-state index in [4.69, 9.17) is 0 Å². The second-order valence-corrected chi connectivity index (χ2v) is 7.18. The summed E-state index contributed by atoms with van der Waals surface area (Å²) in [6.45, 7) is 1.95. The zero-order valence-electron chi connectivity index (χ0n) is 14.2. The Kier molecular flexibility index (Phi) is 5.62. The highest BCUT2D eigenvalue weighted by Crippen LogP contribution is 2.30. The molecule has 4 heteroatoms. The molecule has 3 rings (SSSR count). The number of aryl methyl sites for hydroxylation is 1. The van der Waals surface area contributed by atoms with Crippen LogP contribution in [0.2, 0.25) is 0 Å². The summed E-state index contributed by atoms with van der Waals surface area (Å²) in [5, 5.41) is 0. The summed E-state index contributed by atoms with van der Waals surface area (Å²) in [6, 6.07) is 18.5. The lowest BCUT2D eigenvalue weighted by molar-refractivity contribution is -0.119. The fourth-order valence-electron chi connectivity index (χ4n) is 3.12. The molecule has 1 unspecified atom stereocenters. The molecule has 3 aromatic carbocycles. The SMILES string of the molecule is Cc1ccccc1C(C(=O)Cc1cc(F)cc(F)c1)c1ccc(Br)cc1. The first-order valence-corrected chi connectivity index (χ1v) is 9.02. The van der Waals surface area contributed by atoms with E-state index in [1.807, 2.05) is 55.5 Å². The van der Waals surface area contributed by atoms with Crippen LogP contribution in [0, 0.1) is 18.6 Å². The van der Waals surface area contributed by atoms with Crippen molar-refractivity contribution in [3.8, 4) is 0 Å².